The summed E-state index contributed by atoms with van der Waals surface area (Å²) in [5.41, 5.74) is 0. The van der Waals surface area contributed by atoms with Crippen molar-refractivity contribution in [1.82, 2.24) is 0 Å². The van der Waals surface area contributed by atoms with Crippen LogP contribution in [-0.4, -0.2) is 12.1 Å². The molecule has 0 unspecified atom stereocenters. The molecule has 66 valence electrons. The van der Waals surface area contributed by atoms with Gasteiger partial charge in [0.1, 0.15) is 0 Å². The summed E-state index contributed by atoms with van der Waals surface area (Å²) in [6, 6.07) is 3.21. The Labute approximate surface area is 78.8 Å². The van der Waals surface area contributed by atoms with E-state index in [1.54, 1.807) is 26.0 Å². The third-order valence-electron chi connectivity index (χ3n) is 1.12. The van der Waals surface area contributed by atoms with Crippen LogP contribution in [0.15, 0.2) is 21.2 Å². The second-order valence-electron chi connectivity index (χ2n) is 2.56. The fourth-order valence-corrected chi connectivity index (χ4v) is 1.00. The molecule has 1 aromatic heterocycles. The number of carbonyl (C=O) groups is 1. The molecule has 0 atom stereocenters. The molecule has 0 radical (unpaired) electrons. The van der Waals surface area contributed by atoms with Crippen molar-refractivity contribution in [2.24, 2.45) is 0 Å². The quantitative estimate of drug-likeness (QED) is 0.737. The van der Waals surface area contributed by atoms with Crippen LogP contribution in [0.5, 0.6) is 0 Å². The average Bonchev–Trinajstić information content (AvgIpc) is 2.34. The number of hydrogen-bond donors (Lipinski definition) is 0. The van der Waals surface area contributed by atoms with Crippen molar-refractivity contribution < 1.29 is 13.9 Å². The van der Waals surface area contributed by atoms with Gasteiger partial charge in [-0.25, -0.2) is 4.79 Å². The minimum Gasteiger partial charge on any atom is -0.457 e. The molecule has 0 aromatic carbocycles. The standard InChI is InChI=1S/C8H9BrO3/c1-5(2)11-8(10)6-3-4-7(9)12-6/h3-5H,1-2H3. The monoisotopic (exact) mass is 232 g/mol. The molecule has 0 aliphatic heterocycles. The highest BCUT2D eigenvalue weighted by Crippen LogP contribution is 2.15. The van der Waals surface area contributed by atoms with E-state index >= 15 is 0 Å². The van der Waals surface area contributed by atoms with Gasteiger partial charge in [-0.2, -0.15) is 0 Å². The van der Waals surface area contributed by atoms with Gasteiger partial charge in [-0.1, -0.05) is 0 Å². The number of esters is 1. The summed E-state index contributed by atoms with van der Waals surface area (Å²) in [4.78, 5) is 11.1. The molecule has 1 aromatic rings. The van der Waals surface area contributed by atoms with Crippen molar-refractivity contribution in [2.45, 2.75) is 20.0 Å². The summed E-state index contributed by atoms with van der Waals surface area (Å²) in [5.74, 6) is -0.216. The maximum absolute atomic E-state index is 11.1. The van der Waals surface area contributed by atoms with Gasteiger partial charge in [-0.05, 0) is 41.9 Å². The Morgan fingerprint density at radius 3 is 2.67 bits per heavy atom. The molecule has 0 saturated carbocycles. The first-order chi connectivity index (χ1) is 5.59. The number of ether oxygens (including phenoxy) is 1. The summed E-state index contributed by atoms with van der Waals surface area (Å²) in [7, 11) is 0. The molecule has 0 spiro atoms. The van der Waals surface area contributed by atoms with Crippen molar-refractivity contribution in [3.05, 3.63) is 22.6 Å². The van der Waals surface area contributed by atoms with Crippen LogP contribution < -0.4 is 0 Å². The smallest absolute Gasteiger partial charge is 0.374 e. The number of furan rings is 1. The summed E-state index contributed by atoms with van der Waals surface area (Å²) < 4.78 is 10.4. The van der Waals surface area contributed by atoms with Crippen molar-refractivity contribution in [3.8, 4) is 0 Å². The third kappa shape index (κ3) is 2.37. The van der Waals surface area contributed by atoms with Crippen molar-refractivity contribution in [1.29, 1.82) is 0 Å². The minimum absolute atomic E-state index is 0.124. The highest BCUT2D eigenvalue weighted by molar-refractivity contribution is 9.10. The molecule has 0 N–H and O–H groups in total. The van der Waals surface area contributed by atoms with E-state index in [1.807, 2.05) is 0 Å². The lowest BCUT2D eigenvalue weighted by Crippen LogP contribution is -2.10. The fraction of sp³-hybridized carbons (Fsp3) is 0.375. The Kier molecular flexibility index (Phi) is 2.92. The Bertz CT molecular complexity index is 278. The molecule has 4 heteroatoms. The van der Waals surface area contributed by atoms with E-state index in [2.05, 4.69) is 15.9 Å². The van der Waals surface area contributed by atoms with Gasteiger partial charge in [-0.3, -0.25) is 0 Å². The SMILES string of the molecule is CC(C)OC(=O)c1ccc(Br)o1. The molecule has 0 fully saturated rings. The van der Waals surface area contributed by atoms with Crippen LogP contribution in [0, 0.1) is 0 Å². The Balaban J connectivity index is 2.65. The lowest BCUT2D eigenvalue weighted by atomic mass is 10.4. The zero-order valence-corrected chi connectivity index (χ0v) is 8.42. The summed E-state index contributed by atoms with van der Waals surface area (Å²) in [6.45, 7) is 3.58. The molecule has 3 nitrogen and oxygen atoms in total. The number of hydrogen-bond acceptors (Lipinski definition) is 3. The molecule has 1 heterocycles. The van der Waals surface area contributed by atoms with E-state index in [4.69, 9.17) is 9.15 Å². The van der Waals surface area contributed by atoms with E-state index in [0.29, 0.717) is 4.67 Å². The average molecular weight is 233 g/mol. The van der Waals surface area contributed by atoms with E-state index in [-0.39, 0.29) is 11.9 Å². The van der Waals surface area contributed by atoms with E-state index < -0.39 is 5.97 Å². The van der Waals surface area contributed by atoms with Crippen molar-refractivity contribution in [2.75, 3.05) is 0 Å². The second-order valence-corrected chi connectivity index (χ2v) is 3.34. The van der Waals surface area contributed by atoms with Gasteiger partial charge in [0, 0.05) is 0 Å². The van der Waals surface area contributed by atoms with Gasteiger partial charge in [0.2, 0.25) is 5.76 Å². The van der Waals surface area contributed by atoms with Gasteiger partial charge in [0.25, 0.3) is 0 Å². The molecule has 0 bridgehead atoms. The maximum Gasteiger partial charge on any atom is 0.374 e. The Morgan fingerprint density at radius 2 is 2.25 bits per heavy atom. The zero-order valence-electron chi connectivity index (χ0n) is 6.83. The predicted molar refractivity (Wildman–Crippen MR) is 47.0 cm³/mol. The molecular weight excluding hydrogens is 224 g/mol. The van der Waals surface area contributed by atoms with Crippen LogP contribution in [-0.2, 0) is 4.74 Å². The number of carbonyl (C=O) groups excluding carboxylic acids is 1. The molecule has 12 heavy (non-hydrogen) atoms. The van der Waals surface area contributed by atoms with Crippen molar-refractivity contribution in [3.63, 3.8) is 0 Å². The third-order valence-corrected chi connectivity index (χ3v) is 1.54. The lowest BCUT2D eigenvalue weighted by molar-refractivity contribution is 0.0340. The molecule has 0 amide bonds. The van der Waals surface area contributed by atoms with Crippen LogP contribution in [0.2, 0.25) is 0 Å². The van der Waals surface area contributed by atoms with Crippen LogP contribution in [0.4, 0.5) is 0 Å². The van der Waals surface area contributed by atoms with E-state index in [1.165, 1.54) is 0 Å². The first kappa shape index (κ1) is 9.32. The number of halogens is 1. The van der Waals surface area contributed by atoms with Crippen LogP contribution in [0.25, 0.3) is 0 Å². The first-order valence-electron chi connectivity index (χ1n) is 3.56. The Hall–Kier alpha value is -0.770. The highest BCUT2D eigenvalue weighted by atomic mass is 79.9. The van der Waals surface area contributed by atoms with Gasteiger partial charge in [0.05, 0.1) is 6.10 Å². The topological polar surface area (TPSA) is 39.4 Å². The number of rotatable bonds is 2. The van der Waals surface area contributed by atoms with Gasteiger partial charge < -0.3 is 9.15 Å². The minimum atomic E-state index is -0.435. The van der Waals surface area contributed by atoms with Crippen LogP contribution in [0.3, 0.4) is 0 Å². The molecular formula is C8H9BrO3. The molecule has 0 aliphatic rings. The predicted octanol–water partition coefficient (Wildman–Crippen LogP) is 2.61. The molecule has 0 aliphatic carbocycles. The van der Waals surface area contributed by atoms with E-state index in [0.717, 1.165) is 0 Å². The maximum atomic E-state index is 11.1. The van der Waals surface area contributed by atoms with Crippen LogP contribution >= 0.6 is 15.9 Å². The van der Waals surface area contributed by atoms with Gasteiger partial charge in [-0.15, -0.1) is 0 Å². The summed E-state index contributed by atoms with van der Waals surface area (Å²) in [5, 5.41) is 0. The zero-order chi connectivity index (χ0) is 9.14. The highest BCUT2D eigenvalue weighted by Gasteiger charge is 2.12. The summed E-state index contributed by atoms with van der Waals surface area (Å²) >= 11 is 3.09. The van der Waals surface area contributed by atoms with Gasteiger partial charge in [0.15, 0.2) is 4.67 Å². The largest absolute Gasteiger partial charge is 0.457 e. The Morgan fingerprint density at radius 1 is 1.58 bits per heavy atom. The second kappa shape index (κ2) is 3.76. The fourth-order valence-electron chi connectivity index (χ4n) is 0.696. The normalized spacial score (nSPS) is 10.3. The first-order valence-corrected chi connectivity index (χ1v) is 4.35. The molecule has 1 rings (SSSR count). The molecule has 0 saturated heterocycles. The van der Waals surface area contributed by atoms with Crippen LogP contribution in [0.1, 0.15) is 24.4 Å². The van der Waals surface area contributed by atoms with Gasteiger partial charge >= 0.3 is 5.97 Å². The lowest BCUT2D eigenvalue weighted by Gasteiger charge is -2.04. The van der Waals surface area contributed by atoms with Crippen molar-refractivity contribution >= 4 is 21.9 Å². The van der Waals surface area contributed by atoms with E-state index in [9.17, 15) is 4.79 Å². The summed E-state index contributed by atoms with van der Waals surface area (Å²) in [6.07, 6.45) is -0.124.